The number of carbonyl (C=O) groups excluding carboxylic acids is 2. The van der Waals surface area contributed by atoms with E-state index in [1.807, 2.05) is 6.07 Å². The second-order valence-electron chi connectivity index (χ2n) is 8.03. The molecule has 1 saturated heterocycles. The van der Waals surface area contributed by atoms with E-state index in [4.69, 9.17) is 4.74 Å². The lowest BCUT2D eigenvalue weighted by atomic mass is 9.96. The van der Waals surface area contributed by atoms with Crippen LogP contribution < -0.4 is 4.74 Å². The molecule has 1 unspecified atom stereocenters. The van der Waals surface area contributed by atoms with Crippen LogP contribution in [-0.2, 0) is 9.59 Å². The second kappa shape index (κ2) is 11.6. The predicted molar refractivity (Wildman–Crippen MR) is 128 cm³/mol. The van der Waals surface area contributed by atoms with E-state index in [-0.39, 0.29) is 11.3 Å². The predicted octanol–water partition coefficient (Wildman–Crippen LogP) is 4.02. The Hall–Kier alpha value is -3.19. The maximum atomic E-state index is 13.1. The first-order valence-corrected chi connectivity index (χ1v) is 11.7. The number of carbonyl (C=O) groups is 2. The average Bonchev–Trinajstić information content (AvgIpc) is 3.10. The molecule has 1 aromatic carbocycles. The summed E-state index contributed by atoms with van der Waals surface area (Å²) in [5.41, 5.74) is 1.25. The minimum atomic E-state index is -0.685. The second-order valence-corrected chi connectivity index (χ2v) is 8.03. The molecule has 1 atom stereocenters. The van der Waals surface area contributed by atoms with Crippen molar-refractivity contribution < 1.29 is 19.4 Å². The van der Waals surface area contributed by atoms with Crippen molar-refractivity contribution in [3.05, 3.63) is 65.5 Å². The largest absolute Gasteiger partial charge is 0.507 e. The Labute approximate surface area is 195 Å². The standard InChI is InChI=1S/C26H33N3O4/c1-4-7-17-33-21-12-10-19(11-13-21)24(30)22-23(20-9-8-14-27-18-20)29(26(32)25(22)31)16-15-28(5-2)6-3/h8-14,18,23,30H,4-7,15-17H2,1-3H3. The van der Waals surface area contributed by atoms with E-state index in [1.165, 1.54) is 0 Å². The normalized spacial score (nSPS) is 17.7. The third-order valence-corrected chi connectivity index (χ3v) is 5.99. The molecule has 1 N–H and O–H groups in total. The molecule has 3 rings (SSSR count). The molecule has 2 aromatic rings. The van der Waals surface area contributed by atoms with Crippen molar-refractivity contribution in [2.24, 2.45) is 0 Å². The van der Waals surface area contributed by atoms with Crippen molar-refractivity contribution in [1.82, 2.24) is 14.8 Å². The van der Waals surface area contributed by atoms with E-state index in [0.29, 0.717) is 36.6 Å². The number of unbranched alkanes of at least 4 members (excludes halogenated alkanes) is 1. The number of likely N-dealkylation sites (tertiary alicyclic amines) is 1. The molecule has 7 nitrogen and oxygen atoms in total. The summed E-state index contributed by atoms with van der Waals surface area (Å²) in [5.74, 6) is -0.766. The number of aromatic nitrogens is 1. The Morgan fingerprint density at radius 1 is 1.12 bits per heavy atom. The lowest BCUT2D eigenvalue weighted by Gasteiger charge is -2.28. The summed E-state index contributed by atoms with van der Waals surface area (Å²) in [4.78, 5) is 34.0. The molecule has 0 spiro atoms. The maximum Gasteiger partial charge on any atom is 0.295 e. The molecule has 0 aliphatic carbocycles. The van der Waals surface area contributed by atoms with Gasteiger partial charge < -0.3 is 19.6 Å². The van der Waals surface area contributed by atoms with Gasteiger partial charge in [-0.2, -0.15) is 0 Å². The highest BCUT2D eigenvalue weighted by Crippen LogP contribution is 2.39. The number of hydrogen-bond acceptors (Lipinski definition) is 6. The minimum Gasteiger partial charge on any atom is -0.507 e. The molecule has 33 heavy (non-hydrogen) atoms. The Kier molecular flexibility index (Phi) is 8.60. The molecule has 1 fully saturated rings. The van der Waals surface area contributed by atoms with Crippen LogP contribution >= 0.6 is 0 Å². The molecule has 176 valence electrons. The number of benzene rings is 1. The number of Topliss-reactive ketones (excluding diaryl/α,β-unsaturated/α-hetero) is 1. The van der Waals surface area contributed by atoms with Crippen LogP contribution in [0.3, 0.4) is 0 Å². The third-order valence-electron chi connectivity index (χ3n) is 5.99. The monoisotopic (exact) mass is 451 g/mol. The van der Waals surface area contributed by atoms with E-state index < -0.39 is 17.7 Å². The number of aliphatic hydroxyl groups excluding tert-OH is 1. The molecule has 0 radical (unpaired) electrons. The van der Waals surface area contributed by atoms with Crippen LogP contribution in [0, 0.1) is 0 Å². The van der Waals surface area contributed by atoms with Crippen LogP contribution in [0.4, 0.5) is 0 Å². The lowest BCUT2D eigenvalue weighted by Crippen LogP contribution is -2.38. The first-order valence-electron chi connectivity index (χ1n) is 11.7. The van der Waals surface area contributed by atoms with Gasteiger partial charge in [0.2, 0.25) is 0 Å². The summed E-state index contributed by atoms with van der Waals surface area (Å²) in [5, 5.41) is 11.1. The van der Waals surface area contributed by atoms with Gasteiger partial charge in [-0.15, -0.1) is 0 Å². The fourth-order valence-corrected chi connectivity index (χ4v) is 3.98. The number of nitrogens with zero attached hydrogens (tertiary/aromatic N) is 3. The number of ether oxygens (including phenoxy) is 1. The molecule has 0 saturated carbocycles. The van der Waals surface area contributed by atoms with Crippen LogP contribution in [0.25, 0.3) is 5.76 Å². The Balaban J connectivity index is 1.96. The number of amides is 1. The lowest BCUT2D eigenvalue weighted by molar-refractivity contribution is -0.140. The van der Waals surface area contributed by atoms with Crippen molar-refractivity contribution in [1.29, 1.82) is 0 Å². The fraction of sp³-hybridized carbons (Fsp3) is 0.423. The van der Waals surface area contributed by atoms with Crippen LogP contribution in [0.1, 0.15) is 50.8 Å². The highest BCUT2D eigenvalue weighted by molar-refractivity contribution is 6.46. The smallest absolute Gasteiger partial charge is 0.295 e. The van der Waals surface area contributed by atoms with E-state index in [2.05, 4.69) is 30.7 Å². The highest BCUT2D eigenvalue weighted by atomic mass is 16.5. The number of pyridine rings is 1. The van der Waals surface area contributed by atoms with Gasteiger partial charge in [-0.25, -0.2) is 0 Å². The van der Waals surface area contributed by atoms with Crippen LogP contribution in [0.15, 0.2) is 54.4 Å². The van der Waals surface area contributed by atoms with E-state index in [9.17, 15) is 14.7 Å². The molecule has 2 heterocycles. The minimum absolute atomic E-state index is 0.0900. The van der Waals surface area contributed by atoms with Crippen molar-refractivity contribution in [2.45, 2.75) is 39.7 Å². The zero-order valence-corrected chi connectivity index (χ0v) is 19.7. The Morgan fingerprint density at radius 2 is 1.85 bits per heavy atom. The first kappa shape index (κ1) is 24.5. The highest BCUT2D eigenvalue weighted by Gasteiger charge is 2.46. The quantitative estimate of drug-likeness (QED) is 0.240. The SMILES string of the molecule is CCCCOc1ccc(C(O)=C2C(=O)C(=O)N(CCN(CC)CC)C2c2cccnc2)cc1. The topological polar surface area (TPSA) is 83.0 Å². The van der Waals surface area contributed by atoms with E-state index in [1.54, 1.807) is 47.6 Å². The van der Waals surface area contributed by atoms with Crippen LogP contribution in [-0.4, -0.2) is 64.4 Å². The summed E-state index contributed by atoms with van der Waals surface area (Å²) in [7, 11) is 0. The number of rotatable bonds is 11. The molecule has 7 heteroatoms. The molecular formula is C26H33N3O4. The maximum absolute atomic E-state index is 13.1. The molecule has 1 aromatic heterocycles. The van der Waals surface area contributed by atoms with Gasteiger partial charge in [0.15, 0.2) is 0 Å². The van der Waals surface area contributed by atoms with Crippen molar-refractivity contribution >= 4 is 17.4 Å². The zero-order chi connectivity index (χ0) is 23.8. The number of likely N-dealkylation sites (N-methyl/N-ethyl adjacent to an activating group) is 1. The summed E-state index contributed by atoms with van der Waals surface area (Å²) in [6.45, 7) is 9.57. The van der Waals surface area contributed by atoms with Crippen LogP contribution in [0.2, 0.25) is 0 Å². The number of aliphatic hydroxyl groups is 1. The number of ketones is 1. The van der Waals surface area contributed by atoms with Gasteiger partial charge >= 0.3 is 0 Å². The van der Waals surface area contributed by atoms with Gasteiger partial charge in [0, 0.05) is 31.0 Å². The third kappa shape index (κ3) is 5.60. The van der Waals surface area contributed by atoms with Gasteiger partial charge in [0.25, 0.3) is 11.7 Å². The summed E-state index contributed by atoms with van der Waals surface area (Å²) >= 11 is 0. The van der Waals surface area contributed by atoms with Crippen molar-refractivity contribution in [2.75, 3.05) is 32.8 Å². The summed E-state index contributed by atoms with van der Waals surface area (Å²) in [6.07, 6.45) is 5.28. The molecular weight excluding hydrogens is 418 g/mol. The van der Waals surface area contributed by atoms with Gasteiger partial charge in [-0.05, 0) is 55.4 Å². The van der Waals surface area contributed by atoms with Crippen molar-refractivity contribution in [3.8, 4) is 5.75 Å². The Bertz CT molecular complexity index is 969. The molecule has 1 aliphatic rings. The summed E-state index contributed by atoms with van der Waals surface area (Å²) < 4.78 is 5.69. The zero-order valence-electron chi connectivity index (χ0n) is 19.7. The van der Waals surface area contributed by atoms with Gasteiger partial charge in [0.1, 0.15) is 11.5 Å². The molecule has 1 aliphatic heterocycles. The molecule has 0 bridgehead atoms. The van der Waals surface area contributed by atoms with Gasteiger partial charge in [0.05, 0.1) is 18.2 Å². The van der Waals surface area contributed by atoms with E-state index in [0.717, 1.165) is 25.9 Å². The first-order chi connectivity index (χ1) is 16.0. The molecule has 1 amide bonds. The van der Waals surface area contributed by atoms with Gasteiger partial charge in [-0.1, -0.05) is 33.3 Å². The average molecular weight is 452 g/mol. The fourth-order valence-electron chi connectivity index (χ4n) is 3.98. The van der Waals surface area contributed by atoms with E-state index >= 15 is 0 Å². The van der Waals surface area contributed by atoms with Crippen LogP contribution in [0.5, 0.6) is 5.75 Å². The van der Waals surface area contributed by atoms with Gasteiger partial charge in [-0.3, -0.25) is 14.6 Å². The summed E-state index contributed by atoms with van der Waals surface area (Å²) in [6, 6.07) is 9.85. The Morgan fingerprint density at radius 3 is 2.45 bits per heavy atom. The van der Waals surface area contributed by atoms with Crippen molar-refractivity contribution in [3.63, 3.8) is 0 Å². The number of hydrogen-bond donors (Lipinski definition) is 1.